The molecule has 0 heterocycles. The molecular weight excluding hydrogens is 160 g/mol. The molecule has 0 bridgehead atoms. The number of unbranched alkanes of at least 4 members (excludes halogenated alkanes) is 2. The maximum atomic E-state index is 5.75. The predicted molar refractivity (Wildman–Crippen MR) is 59.8 cm³/mol. The van der Waals surface area contributed by atoms with Crippen molar-refractivity contribution in [3.63, 3.8) is 0 Å². The molecule has 0 aliphatic heterocycles. The van der Waals surface area contributed by atoms with E-state index in [1.165, 1.54) is 19.3 Å². The van der Waals surface area contributed by atoms with Gasteiger partial charge in [-0.1, -0.05) is 25.8 Å². The van der Waals surface area contributed by atoms with E-state index >= 15 is 0 Å². The predicted octanol–water partition coefficient (Wildman–Crippen LogP) is 2.01. The molecule has 0 aromatic rings. The molecular formula is C11H24N2. The van der Waals surface area contributed by atoms with Gasteiger partial charge in [-0.3, -0.25) is 4.90 Å². The first-order valence-corrected chi connectivity index (χ1v) is 5.29. The largest absolute Gasteiger partial charge is 0.327 e. The fraction of sp³-hybridized carbons (Fsp3) is 0.818. The highest BCUT2D eigenvalue weighted by molar-refractivity contribution is 4.75. The minimum Gasteiger partial charge on any atom is -0.327 e. The summed E-state index contributed by atoms with van der Waals surface area (Å²) in [5.41, 5.74) is 5.75. The molecule has 0 saturated carbocycles. The van der Waals surface area contributed by atoms with Crippen LogP contribution in [0.5, 0.6) is 0 Å². The molecule has 0 rings (SSSR count). The average molecular weight is 184 g/mol. The van der Waals surface area contributed by atoms with Gasteiger partial charge in [0.2, 0.25) is 0 Å². The lowest BCUT2D eigenvalue weighted by molar-refractivity contribution is 0.281. The fourth-order valence-corrected chi connectivity index (χ4v) is 1.43. The van der Waals surface area contributed by atoms with Crippen molar-refractivity contribution >= 4 is 0 Å². The third kappa shape index (κ3) is 8.00. The summed E-state index contributed by atoms with van der Waals surface area (Å²) >= 11 is 0. The lowest BCUT2D eigenvalue weighted by Gasteiger charge is -2.22. The van der Waals surface area contributed by atoms with Gasteiger partial charge in [-0.2, -0.15) is 0 Å². The highest BCUT2D eigenvalue weighted by atomic mass is 15.1. The van der Waals surface area contributed by atoms with Crippen molar-refractivity contribution in [1.82, 2.24) is 4.90 Å². The molecule has 2 N–H and O–H groups in total. The van der Waals surface area contributed by atoms with Gasteiger partial charge in [0.1, 0.15) is 0 Å². The Morgan fingerprint density at radius 3 is 2.62 bits per heavy atom. The number of rotatable bonds is 8. The Labute approximate surface area is 82.8 Å². The second-order valence-corrected chi connectivity index (χ2v) is 3.73. The van der Waals surface area contributed by atoms with E-state index < -0.39 is 0 Å². The van der Waals surface area contributed by atoms with E-state index in [9.17, 15) is 0 Å². The molecule has 2 heteroatoms. The fourth-order valence-electron chi connectivity index (χ4n) is 1.43. The number of hydrogen-bond donors (Lipinski definition) is 1. The summed E-state index contributed by atoms with van der Waals surface area (Å²) in [7, 11) is 0. The van der Waals surface area contributed by atoms with Gasteiger partial charge in [-0.25, -0.2) is 0 Å². The van der Waals surface area contributed by atoms with Gasteiger partial charge in [0.15, 0.2) is 0 Å². The van der Waals surface area contributed by atoms with Crippen LogP contribution in [0.3, 0.4) is 0 Å². The quantitative estimate of drug-likeness (QED) is 0.462. The van der Waals surface area contributed by atoms with Crippen molar-refractivity contribution in [2.45, 2.75) is 39.2 Å². The summed E-state index contributed by atoms with van der Waals surface area (Å²) in [6.07, 6.45) is 5.82. The van der Waals surface area contributed by atoms with Crippen LogP contribution in [0.4, 0.5) is 0 Å². The molecule has 13 heavy (non-hydrogen) atoms. The summed E-state index contributed by atoms with van der Waals surface area (Å²) in [5, 5.41) is 0. The lowest BCUT2D eigenvalue weighted by atomic mass is 10.2. The lowest BCUT2D eigenvalue weighted by Crippen LogP contribution is -2.36. The summed E-state index contributed by atoms with van der Waals surface area (Å²) in [5.74, 6) is 0. The van der Waals surface area contributed by atoms with Crippen LogP contribution in [0.25, 0.3) is 0 Å². The SMILES string of the molecule is C=CCN(CCCCC)CC(C)N. The molecule has 78 valence electrons. The minimum atomic E-state index is 0.265. The van der Waals surface area contributed by atoms with Crippen molar-refractivity contribution in [1.29, 1.82) is 0 Å². The highest BCUT2D eigenvalue weighted by Crippen LogP contribution is 1.99. The van der Waals surface area contributed by atoms with Crippen LogP contribution in [0.1, 0.15) is 33.1 Å². The second-order valence-electron chi connectivity index (χ2n) is 3.73. The third-order valence-electron chi connectivity index (χ3n) is 2.01. The molecule has 0 amide bonds. The van der Waals surface area contributed by atoms with Crippen LogP contribution in [0.2, 0.25) is 0 Å². The Kier molecular flexibility index (Phi) is 8.05. The normalized spacial score (nSPS) is 13.2. The van der Waals surface area contributed by atoms with E-state index in [0.717, 1.165) is 19.6 Å². The van der Waals surface area contributed by atoms with Crippen molar-refractivity contribution < 1.29 is 0 Å². The van der Waals surface area contributed by atoms with Crippen molar-refractivity contribution in [3.8, 4) is 0 Å². The molecule has 1 unspecified atom stereocenters. The zero-order valence-corrected chi connectivity index (χ0v) is 9.13. The zero-order chi connectivity index (χ0) is 10.1. The summed E-state index contributed by atoms with van der Waals surface area (Å²) in [6.45, 7) is 11.1. The maximum Gasteiger partial charge on any atom is 0.0161 e. The van der Waals surface area contributed by atoms with E-state index in [1.54, 1.807) is 0 Å². The van der Waals surface area contributed by atoms with Crippen molar-refractivity contribution in [2.24, 2.45) is 5.73 Å². The van der Waals surface area contributed by atoms with Crippen LogP contribution in [-0.2, 0) is 0 Å². The van der Waals surface area contributed by atoms with Crippen LogP contribution in [0.15, 0.2) is 12.7 Å². The first kappa shape index (κ1) is 12.7. The van der Waals surface area contributed by atoms with Crippen LogP contribution < -0.4 is 5.73 Å². The van der Waals surface area contributed by atoms with Gasteiger partial charge in [0.25, 0.3) is 0 Å². The average Bonchev–Trinajstić information content (AvgIpc) is 2.04. The Morgan fingerprint density at radius 2 is 2.15 bits per heavy atom. The van der Waals surface area contributed by atoms with Gasteiger partial charge in [-0.05, 0) is 19.9 Å². The molecule has 0 aliphatic rings. The highest BCUT2D eigenvalue weighted by Gasteiger charge is 2.04. The summed E-state index contributed by atoms with van der Waals surface area (Å²) in [4.78, 5) is 2.37. The second kappa shape index (κ2) is 8.27. The molecule has 0 radical (unpaired) electrons. The monoisotopic (exact) mass is 184 g/mol. The van der Waals surface area contributed by atoms with Crippen molar-refractivity contribution in [2.75, 3.05) is 19.6 Å². The van der Waals surface area contributed by atoms with Gasteiger partial charge < -0.3 is 5.73 Å². The molecule has 1 atom stereocenters. The Bertz CT molecular complexity index is 121. The Hall–Kier alpha value is -0.340. The van der Waals surface area contributed by atoms with E-state index in [1.807, 2.05) is 6.08 Å². The van der Waals surface area contributed by atoms with E-state index in [-0.39, 0.29) is 6.04 Å². The van der Waals surface area contributed by atoms with Gasteiger partial charge >= 0.3 is 0 Å². The minimum absolute atomic E-state index is 0.265. The van der Waals surface area contributed by atoms with Gasteiger partial charge in [-0.15, -0.1) is 6.58 Å². The number of nitrogens with zero attached hydrogens (tertiary/aromatic N) is 1. The first-order valence-electron chi connectivity index (χ1n) is 5.29. The van der Waals surface area contributed by atoms with Crippen LogP contribution >= 0.6 is 0 Å². The number of nitrogens with two attached hydrogens (primary N) is 1. The zero-order valence-electron chi connectivity index (χ0n) is 9.13. The molecule has 0 aliphatic carbocycles. The van der Waals surface area contributed by atoms with Crippen LogP contribution in [0, 0.1) is 0 Å². The molecule has 0 fully saturated rings. The van der Waals surface area contributed by atoms with E-state index in [0.29, 0.717) is 0 Å². The van der Waals surface area contributed by atoms with Gasteiger partial charge in [0.05, 0.1) is 0 Å². The van der Waals surface area contributed by atoms with Gasteiger partial charge in [0, 0.05) is 19.1 Å². The molecule has 2 nitrogen and oxygen atoms in total. The smallest absolute Gasteiger partial charge is 0.0161 e. The molecule has 0 aromatic heterocycles. The molecule has 0 spiro atoms. The number of hydrogen-bond acceptors (Lipinski definition) is 2. The summed E-state index contributed by atoms with van der Waals surface area (Å²) < 4.78 is 0. The Balaban J connectivity index is 3.59. The van der Waals surface area contributed by atoms with Crippen molar-refractivity contribution in [3.05, 3.63) is 12.7 Å². The third-order valence-corrected chi connectivity index (χ3v) is 2.01. The maximum absolute atomic E-state index is 5.75. The topological polar surface area (TPSA) is 29.3 Å². The molecule has 0 aromatic carbocycles. The van der Waals surface area contributed by atoms with E-state index in [4.69, 9.17) is 5.73 Å². The summed E-state index contributed by atoms with van der Waals surface area (Å²) in [6, 6.07) is 0.265. The standard InChI is InChI=1S/C11H24N2/c1-4-6-7-9-13(8-5-2)10-11(3)12/h5,11H,2,4,6-10,12H2,1,3H3. The molecule has 0 saturated heterocycles. The first-order chi connectivity index (χ1) is 6.20. The van der Waals surface area contributed by atoms with Crippen LogP contribution in [-0.4, -0.2) is 30.6 Å². The van der Waals surface area contributed by atoms with E-state index in [2.05, 4.69) is 25.3 Å². The Morgan fingerprint density at radius 1 is 1.46 bits per heavy atom.